The Bertz CT molecular complexity index is 1070. The fourth-order valence-corrected chi connectivity index (χ4v) is 6.06. The zero-order chi connectivity index (χ0) is 19.6. The Kier molecular flexibility index (Phi) is 4.05. The number of rotatable bonds is 2. The summed E-state index contributed by atoms with van der Waals surface area (Å²) in [5, 5.41) is 2.01. The fraction of sp³-hybridized carbons (Fsp3) is 0.350. The average Bonchev–Trinajstić information content (AvgIpc) is 2.57. The maximum Gasteiger partial charge on any atom is 0.242 e. The van der Waals surface area contributed by atoms with E-state index in [4.69, 9.17) is 16.3 Å². The van der Waals surface area contributed by atoms with Crippen LogP contribution in [0, 0.1) is 13.8 Å². The predicted octanol–water partition coefficient (Wildman–Crippen LogP) is 3.51. The largest absolute Gasteiger partial charge is 0.468 e. The minimum Gasteiger partial charge on any atom is -0.468 e. The smallest absolute Gasteiger partial charge is 0.242 e. The van der Waals surface area contributed by atoms with Crippen LogP contribution in [-0.2, 0) is 14.6 Å². The van der Waals surface area contributed by atoms with Crippen molar-refractivity contribution in [3.05, 3.63) is 58.1 Å². The summed E-state index contributed by atoms with van der Waals surface area (Å²) in [5.74, 6) is -0.520. The highest BCUT2D eigenvalue weighted by Crippen LogP contribution is 2.47. The van der Waals surface area contributed by atoms with Gasteiger partial charge in [0, 0.05) is 22.9 Å². The van der Waals surface area contributed by atoms with Gasteiger partial charge in [0.05, 0.1) is 4.90 Å². The first-order valence-corrected chi connectivity index (χ1v) is 10.6. The maximum absolute atomic E-state index is 13.4. The average molecular weight is 406 g/mol. The van der Waals surface area contributed by atoms with Gasteiger partial charge in [-0.15, -0.1) is 0 Å². The van der Waals surface area contributed by atoms with Crippen LogP contribution in [-0.4, -0.2) is 25.3 Å². The molecule has 0 unspecified atom stereocenters. The van der Waals surface area contributed by atoms with Crippen LogP contribution < -0.4 is 10.1 Å². The highest BCUT2D eigenvalue weighted by atomic mass is 35.5. The molecule has 2 heterocycles. The first kappa shape index (κ1) is 18.3. The normalized spacial score (nSPS) is 26.7. The molecule has 27 heavy (non-hydrogen) atoms. The minimum absolute atomic E-state index is 0.157. The lowest BCUT2D eigenvalue weighted by atomic mass is 9.81. The summed E-state index contributed by atoms with van der Waals surface area (Å²) in [7, 11) is -3.89. The molecule has 3 atom stereocenters. The summed E-state index contributed by atoms with van der Waals surface area (Å²) in [6.07, 6.45) is 0.362. The molecule has 1 saturated heterocycles. The zero-order valence-electron chi connectivity index (χ0n) is 15.2. The number of benzene rings is 2. The van der Waals surface area contributed by atoms with Gasteiger partial charge < -0.3 is 10.1 Å². The van der Waals surface area contributed by atoms with Crippen LogP contribution in [0.1, 0.15) is 36.0 Å². The summed E-state index contributed by atoms with van der Waals surface area (Å²) in [5.41, 5.74) is 1.59. The van der Waals surface area contributed by atoms with Gasteiger partial charge in [-0.1, -0.05) is 17.7 Å². The van der Waals surface area contributed by atoms with E-state index in [0.717, 1.165) is 11.1 Å². The van der Waals surface area contributed by atoms with Crippen molar-refractivity contribution in [3.63, 3.8) is 0 Å². The van der Waals surface area contributed by atoms with E-state index in [1.54, 1.807) is 43.3 Å². The lowest BCUT2D eigenvalue weighted by molar-refractivity contribution is -0.132. The summed E-state index contributed by atoms with van der Waals surface area (Å²) in [6, 6.07) is 10.1. The molecule has 1 amide bonds. The van der Waals surface area contributed by atoms with Crippen molar-refractivity contribution < 1.29 is 17.9 Å². The van der Waals surface area contributed by atoms with Crippen molar-refractivity contribution in [1.82, 2.24) is 5.32 Å². The molecule has 1 N–H and O–H groups in total. The van der Waals surface area contributed by atoms with Crippen LogP contribution >= 0.6 is 11.6 Å². The monoisotopic (exact) mass is 405 g/mol. The predicted molar refractivity (Wildman–Crippen MR) is 103 cm³/mol. The Hall–Kier alpha value is -2.05. The van der Waals surface area contributed by atoms with Gasteiger partial charge in [-0.3, -0.25) is 4.79 Å². The molecule has 1 fully saturated rings. The Balaban J connectivity index is 1.87. The second-order valence-electron chi connectivity index (χ2n) is 7.53. The minimum atomic E-state index is -3.89. The Labute approximate surface area is 163 Å². The number of nitrogens with one attached hydrogen (secondary N) is 1. The Morgan fingerprint density at radius 1 is 1.15 bits per heavy atom. The molecule has 0 spiro atoms. The van der Waals surface area contributed by atoms with Gasteiger partial charge >= 0.3 is 0 Å². The van der Waals surface area contributed by atoms with Gasteiger partial charge in [-0.25, -0.2) is 8.42 Å². The van der Waals surface area contributed by atoms with E-state index in [1.165, 1.54) is 0 Å². The van der Waals surface area contributed by atoms with Gasteiger partial charge in [0.15, 0.2) is 20.8 Å². The van der Waals surface area contributed by atoms with Crippen LogP contribution in [0.25, 0.3) is 0 Å². The zero-order valence-corrected chi connectivity index (χ0v) is 16.8. The Morgan fingerprint density at radius 3 is 2.59 bits per heavy atom. The summed E-state index contributed by atoms with van der Waals surface area (Å²) in [4.78, 5) is 13.0. The Morgan fingerprint density at radius 2 is 1.89 bits per heavy atom. The van der Waals surface area contributed by atoms with Gasteiger partial charge in [-0.2, -0.15) is 0 Å². The summed E-state index contributed by atoms with van der Waals surface area (Å²) >= 11 is 6.14. The SMILES string of the molecule is Cc1ccc(S(=O)(=O)[C@@H]2C(=O)N[C@]3(C)C[C@H]2c2cc(Cl)ccc2O3)cc1C. The molecule has 2 aromatic carbocycles. The van der Waals surface area contributed by atoms with Crippen molar-refractivity contribution in [1.29, 1.82) is 0 Å². The van der Waals surface area contributed by atoms with Gasteiger partial charge in [0.1, 0.15) is 5.75 Å². The molecule has 7 heteroatoms. The number of halogens is 1. The second kappa shape index (κ2) is 5.97. The van der Waals surface area contributed by atoms with Crippen molar-refractivity contribution in [2.45, 2.75) is 49.0 Å². The highest BCUT2D eigenvalue weighted by Gasteiger charge is 2.54. The van der Waals surface area contributed by atoms with Crippen molar-refractivity contribution in [2.24, 2.45) is 0 Å². The van der Waals surface area contributed by atoms with Crippen molar-refractivity contribution in [2.75, 3.05) is 0 Å². The van der Waals surface area contributed by atoms with Crippen LogP contribution in [0.3, 0.4) is 0 Å². The van der Waals surface area contributed by atoms with E-state index in [-0.39, 0.29) is 4.90 Å². The standard InChI is InChI=1S/C20H20ClNO4S/c1-11-4-6-14(8-12(11)2)27(24,25)18-16-10-20(3,22-19(18)23)26-17-7-5-13(21)9-15(16)17/h4-9,16,18H,10H2,1-3H3,(H,22,23)/t16-,18-,20-/m0/s1. The lowest BCUT2D eigenvalue weighted by Crippen LogP contribution is -2.63. The maximum atomic E-state index is 13.4. The molecule has 142 valence electrons. The molecule has 4 rings (SSSR count). The molecule has 0 radical (unpaired) electrons. The third-order valence-corrected chi connectivity index (χ3v) is 7.83. The molecular formula is C20H20ClNO4S. The van der Waals surface area contributed by atoms with Crippen molar-refractivity contribution in [3.8, 4) is 5.75 Å². The number of carbonyl (C=O) groups is 1. The molecule has 0 saturated carbocycles. The molecule has 2 aliphatic heterocycles. The fourth-order valence-electron chi connectivity index (χ4n) is 3.97. The van der Waals surface area contributed by atoms with E-state index >= 15 is 0 Å². The molecular weight excluding hydrogens is 386 g/mol. The van der Waals surface area contributed by atoms with Crippen LogP contribution in [0.5, 0.6) is 5.75 Å². The number of aryl methyl sites for hydroxylation is 2. The quantitative estimate of drug-likeness (QED) is 0.829. The third kappa shape index (κ3) is 2.91. The third-order valence-electron chi connectivity index (χ3n) is 5.47. The van der Waals surface area contributed by atoms with Crippen LogP contribution in [0.2, 0.25) is 5.02 Å². The van der Waals surface area contributed by atoms with E-state index in [1.807, 2.05) is 13.8 Å². The van der Waals surface area contributed by atoms with E-state index in [2.05, 4.69) is 5.32 Å². The number of sulfone groups is 1. The lowest BCUT2D eigenvalue weighted by Gasteiger charge is -2.46. The molecule has 5 nitrogen and oxygen atoms in total. The van der Waals surface area contributed by atoms with Crippen molar-refractivity contribution >= 4 is 27.3 Å². The first-order valence-electron chi connectivity index (χ1n) is 8.72. The number of carbonyl (C=O) groups excluding carboxylic acids is 1. The molecule has 2 aromatic rings. The molecule has 2 aliphatic rings. The van der Waals surface area contributed by atoms with Gasteiger partial charge in [-0.05, 0) is 62.2 Å². The number of fused-ring (bicyclic) bond motifs is 4. The van der Waals surface area contributed by atoms with E-state index in [0.29, 0.717) is 22.8 Å². The van der Waals surface area contributed by atoms with E-state index < -0.39 is 32.6 Å². The summed E-state index contributed by atoms with van der Waals surface area (Å²) in [6.45, 7) is 5.53. The van der Waals surface area contributed by atoms with E-state index in [9.17, 15) is 13.2 Å². The molecule has 0 aliphatic carbocycles. The van der Waals surface area contributed by atoms with Gasteiger partial charge in [0.2, 0.25) is 5.91 Å². The number of piperidine rings is 1. The number of amides is 1. The molecule has 0 aromatic heterocycles. The number of ether oxygens (including phenoxy) is 1. The van der Waals surface area contributed by atoms with Crippen LogP contribution in [0.15, 0.2) is 41.3 Å². The van der Waals surface area contributed by atoms with Gasteiger partial charge in [0.25, 0.3) is 0 Å². The number of hydrogen-bond acceptors (Lipinski definition) is 4. The summed E-state index contributed by atoms with van der Waals surface area (Å²) < 4.78 is 32.8. The second-order valence-corrected chi connectivity index (χ2v) is 10.0. The topological polar surface area (TPSA) is 72.5 Å². The first-order chi connectivity index (χ1) is 12.6. The van der Waals surface area contributed by atoms with Crippen LogP contribution in [0.4, 0.5) is 0 Å². The highest BCUT2D eigenvalue weighted by molar-refractivity contribution is 7.92. The number of hydrogen-bond donors (Lipinski definition) is 1. The molecule has 2 bridgehead atoms.